The number of ether oxygens (including phenoxy) is 1. The van der Waals surface area contributed by atoms with E-state index in [0.717, 1.165) is 19.6 Å². The van der Waals surface area contributed by atoms with Crippen molar-refractivity contribution in [1.29, 1.82) is 0 Å². The molecule has 0 bridgehead atoms. The van der Waals surface area contributed by atoms with E-state index >= 15 is 0 Å². The molecule has 1 unspecified atom stereocenters. The van der Waals surface area contributed by atoms with Gasteiger partial charge in [-0.25, -0.2) is 0 Å². The number of anilines is 1. The van der Waals surface area contributed by atoms with Gasteiger partial charge in [-0.2, -0.15) is 0 Å². The monoisotopic (exact) mass is 227 g/mol. The van der Waals surface area contributed by atoms with Gasteiger partial charge >= 0.3 is 0 Å². The fourth-order valence-corrected chi connectivity index (χ4v) is 2.37. The molecule has 0 aromatic heterocycles. The number of rotatable bonds is 2. The zero-order valence-corrected chi connectivity index (χ0v) is 9.86. The van der Waals surface area contributed by atoms with Gasteiger partial charge in [-0.15, -0.1) is 0 Å². The lowest BCUT2D eigenvalue weighted by Crippen LogP contribution is -2.29. The lowest BCUT2D eigenvalue weighted by atomic mass is 10.1. The lowest BCUT2D eigenvalue weighted by molar-refractivity contribution is 0.0876. The highest BCUT2D eigenvalue weighted by Gasteiger charge is 2.13. The van der Waals surface area contributed by atoms with E-state index in [-0.39, 0.29) is 0 Å². The Labute approximate surface area is 102 Å². The number of hydrogen-bond donors (Lipinski definition) is 1. The normalized spacial score (nSPS) is 20.4. The molecule has 17 heavy (non-hydrogen) atoms. The van der Waals surface area contributed by atoms with Crippen molar-refractivity contribution in [1.82, 2.24) is 0 Å². The lowest BCUT2D eigenvalue weighted by Gasteiger charge is -2.24. The van der Waals surface area contributed by atoms with E-state index in [1.165, 1.54) is 22.9 Å². The summed E-state index contributed by atoms with van der Waals surface area (Å²) in [5.41, 5.74) is 1.19. The van der Waals surface area contributed by atoms with Crippen LogP contribution >= 0.6 is 0 Å². The van der Waals surface area contributed by atoms with Crippen molar-refractivity contribution in [3.05, 3.63) is 42.5 Å². The Morgan fingerprint density at radius 2 is 1.94 bits per heavy atom. The molecule has 1 N–H and O–H groups in total. The Hall–Kier alpha value is -1.54. The molecule has 0 radical (unpaired) electrons. The molecular weight excluding hydrogens is 210 g/mol. The third-order valence-corrected chi connectivity index (χ3v) is 3.28. The average Bonchev–Trinajstić information content (AvgIpc) is 2.40. The summed E-state index contributed by atoms with van der Waals surface area (Å²) >= 11 is 0. The Bertz CT molecular complexity index is 503. The van der Waals surface area contributed by atoms with Gasteiger partial charge in [0.05, 0.1) is 6.61 Å². The number of nitrogens with one attached hydrogen (secondary N) is 1. The van der Waals surface area contributed by atoms with Gasteiger partial charge in [0.1, 0.15) is 0 Å². The van der Waals surface area contributed by atoms with Crippen LogP contribution in [-0.2, 0) is 4.74 Å². The van der Waals surface area contributed by atoms with Gasteiger partial charge in [0.25, 0.3) is 0 Å². The van der Waals surface area contributed by atoms with Crippen LogP contribution in [0.25, 0.3) is 10.8 Å². The van der Waals surface area contributed by atoms with Crippen molar-refractivity contribution in [2.75, 3.05) is 18.5 Å². The van der Waals surface area contributed by atoms with E-state index in [1.807, 2.05) is 0 Å². The van der Waals surface area contributed by atoms with Crippen LogP contribution in [0.5, 0.6) is 0 Å². The van der Waals surface area contributed by atoms with Crippen LogP contribution in [-0.4, -0.2) is 19.3 Å². The quantitative estimate of drug-likeness (QED) is 0.848. The minimum Gasteiger partial charge on any atom is -0.380 e. The molecule has 2 nitrogen and oxygen atoms in total. The molecule has 1 heterocycles. The Balaban J connectivity index is 1.80. The van der Waals surface area contributed by atoms with Crippen LogP contribution in [0, 0.1) is 0 Å². The van der Waals surface area contributed by atoms with Crippen LogP contribution < -0.4 is 5.32 Å². The summed E-state index contributed by atoms with van der Waals surface area (Å²) in [6, 6.07) is 15.4. The van der Waals surface area contributed by atoms with Crippen LogP contribution in [0.3, 0.4) is 0 Å². The van der Waals surface area contributed by atoms with Crippen molar-refractivity contribution in [2.45, 2.75) is 18.9 Å². The molecule has 1 fully saturated rings. The van der Waals surface area contributed by atoms with Crippen molar-refractivity contribution in [3.8, 4) is 0 Å². The molecule has 0 spiro atoms. The molecule has 0 aliphatic carbocycles. The third kappa shape index (κ3) is 2.42. The first kappa shape index (κ1) is 10.6. The molecule has 0 amide bonds. The highest BCUT2D eigenvalue weighted by Crippen LogP contribution is 2.20. The zero-order valence-electron chi connectivity index (χ0n) is 9.86. The van der Waals surface area contributed by atoms with E-state index in [1.54, 1.807) is 0 Å². The SMILES string of the molecule is c1ccc2cc(NC3CCCOC3)ccc2c1. The predicted octanol–water partition coefficient (Wildman–Crippen LogP) is 3.43. The van der Waals surface area contributed by atoms with Gasteiger partial charge in [0, 0.05) is 18.3 Å². The molecule has 88 valence electrons. The third-order valence-electron chi connectivity index (χ3n) is 3.28. The molecule has 2 aromatic carbocycles. The highest BCUT2D eigenvalue weighted by atomic mass is 16.5. The first-order valence-electron chi connectivity index (χ1n) is 6.25. The number of hydrogen-bond acceptors (Lipinski definition) is 2. The van der Waals surface area contributed by atoms with Gasteiger partial charge in [-0.05, 0) is 35.7 Å². The second kappa shape index (κ2) is 4.76. The summed E-state index contributed by atoms with van der Waals surface area (Å²) in [5, 5.41) is 6.12. The minimum atomic E-state index is 0.463. The Kier molecular flexibility index (Phi) is 2.97. The topological polar surface area (TPSA) is 21.3 Å². The summed E-state index contributed by atoms with van der Waals surface area (Å²) < 4.78 is 5.48. The molecule has 3 rings (SSSR count). The summed E-state index contributed by atoms with van der Waals surface area (Å²) in [6.45, 7) is 1.74. The van der Waals surface area contributed by atoms with E-state index in [4.69, 9.17) is 4.74 Å². The molecule has 1 saturated heterocycles. The molecule has 1 aliphatic heterocycles. The van der Waals surface area contributed by atoms with Crippen molar-refractivity contribution < 1.29 is 4.74 Å². The molecule has 2 aromatic rings. The molecule has 0 saturated carbocycles. The fourth-order valence-electron chi connectivity index (χ4n) is 2.37. The highest BCUT2D eigenvalue weighted by molar-refractivity contribution is 5.85. The van der Waals surface area contributed by atoms with Crippen LogP contribution in [0.1, 0.15) is 12.8 Å². The van der Waals surface area contributed by atoms with Crippen LogP contribution in [0.4, 0.5) is 5.69 Å². The van der Waals surface area contributed by atoms with Gasteiger partial charge in [-0.1, -0.05) is 30.3 Å². The summed E-state index contributed by atoms with van der Waals surface area (Å²) in [6.07, 6.45) is 2.36. The molecule has 1 aliphatic rings. The average molecular weight is 227 g/mol. The Morgan fingerprint density at radius 3 is 2.76 bits per heavy atom. The molecule has 1 atom stereocenters. The van der Waals surface area contributed by atoms with E-state index < -0.39 is 0 Å². The maximum absolute atomic E-state index is 5.48. The fraction of sp³-hybridized carbons (Fsp3) is 0.333. The van der Waals surface area contributed by atoms with Gasteiger partial charge in [0.15, 0.2) is 0 Å². The van der Waals surface area contributed by atoms with Crippen LogP contribution in [0.15, 0.2) is 42.5 Å². The standard InChI is InChI=1S/C15H17NO/c1-2-5-13-10-14(8-7-12(13)4-1)16-15-6-3-9-17-11-15/h1-2,4-5,7-8,10,15-16H,3,6,9,11H2. The maximum Gasteiger partial charge on any atom is 0.0667 e. The smallest absolute Gasteiger partial charge is 0.0667 e. The second-order valence-corrected chi connectivity index (χ2v) is 4.62. The summed E-state index contributed by atoms with van der Waals surface area (Å²) in [7, 11) is 0. The van der Waals surface area contributed by atoms with Crippen LogP contribution in [0.2, 0.25) is 0 Å². The van der Waals surface area contributed by atoms with E-state index in [0.29, 0.717) is 6.04 Å². The van der Waals surface area contributed by atoms with Crippen molar-refractivity contribution >= 4 is 16.5 Å². The first-order valence-corrected chi connectivity index (χ1v) is 6.25. The maximum atomic E-state index is 5.48. The van der Waals surface area contributed by atoms with Gasteiger partial charge < -0.3 is 10.1 Å². The van der Waals surface area contributed by atoms with E-state index in [2.05, 4.69) is 47.8 Å². The van der Waals surface area contributed by atoms with Gasteiger partial charge in [0.2, 0.25) is 0 Å². The zero-order chi connectivity index (χ0) is 11.5. The Morgan fingerprint density at radius 1 is 1.06 bits per heavy atom. The second-order valence-electron chi connectivity index (χ2n) is 4.62. The number of fused-ring (bicyclic) bond motifs is 1. The largest absolute Gasteiger partial charge is 0.380 e. The number of benzene rings is 2. The van der Waals surface area contributed by atoms with E-state index in [9.17, 15) is 0 Å². The first-order chi connectivity index (χ1) is 8.42. The summed E-state index contributed by atoms with van der Waals surface area (Å²) in [5.74, 6) is 0. The summed E-state index contributed by atoms with van der Waals surface area (Å²) in [4.78, 5) is 0. The van der Waals surface area contributed by atoms with Crippen molar-refractivity contribution in [3.63, 3.8) is 0 Å². The molecule has 2 heteroatoms. The van der Waals surface area contributed by atoms with Crippen molar-refractivity contribution in [2.24, 2.45) is 0 Å². The predicted molar refractivity (Wildman–Crippen MR) is 71.4 cm³/mol. The van der Waals surface area contributed by atoms with Gasteiger partial charge in [-0.3, -0.25) is 0 Å². The minimum absolute atomic E-state index is 0.463. The molecular formula is C15H17NO.